The van der Waals surface area contributed by atoms with E-state index in [9.17, 15) is 9.59 Å². The number of ketones is 1. The van der Waals surface area contributed by atoms with Crippen molar-refractivity contribution in [3.05, 3.63) is 53.3 Å². The number of hydrogen-bond acceptors (Lipinski definition) is 4. The molecule has 0 atom stereocenters. The van der Waals surface area contributed by atoms with Crippen molar-refractivity contribution < 1.29 is 9.59 Å². The molecule has 0 bridgehead atoms. The Morgan fingerprint density at radius 1 is 1.00 bits per heavy atom. The van der Waals surface area contributed by atoms with Crippen molar-refractivity contribution in [2.75, 3.05) is 50.7 Å². The second kappa shape index (κ2) is 8.19. The molecule has 2 aliphatic rings. The van der Waals surface area contributed by atoms with Crippen molar-refractivity contribution in [3.63, 3.8) is 0 Å². The number of likely N-dealkylation sites (tertiary alicyclic amines) is 1. The number of H-pyrrole nitrogens is 1. The molecule has 0 saturated carbocycles. The van der Waals surface area contributed by atoms with E-state index in [-0.39, 0.29) is 11.7 Å². The Balaban J connectivity index is 1.30. The molecule has 148 valence electrons. The van der Waals surface area contributed by atoms with Crippen LogP contribution in [0.2, 0.25) is 0 Å². The fraction of sp³-hybridized carbons (Fsp3) is 0.455. The maximum atomic E-state index is 12.7. The number of piperazine rings is 1. The first-order valence-corrected chi connectivity index (χ1v) is 10.1. The van der Waals surface area contributed by atoms with E-state index >= 15 is 0 Å². The van der Waals surface area contributed by atoms with Crippen LogP contribution in [0.4, 0.5) is 5.69 Å². The van der Waals surface area contributed by atoms with Gasteiger partial charge in [0, 0.05) is 56.7 Å². The number of aromatic amines is 1. The molecule has 2 fully saturated rings. The van der Waals surface area contributed by atoms with Crippen LogP contribution in [0.3, 0.4) is 0 Å². The molecule has 6 nitrogen and oxygen atoms in total. The Kier molecular flexibility index (Phi) is 5.48. The summed E-state index contributed by atoms with van der Waals surface area (Å²) in [7, 11) is 0. The lowest BCUT2D eigenvalue weighted by Gasteiger charge is -2.35. The van der Waals surface area contributed by atoms with Gasteiger partial charge in [0.2, 0.25) is 0 Å². The molecule has 0 unspecified atom stereocenters. The SMILES string of the molecule is Cc1cccc(N2CCN(CC(=O)c3c[nH]c(C(=O)N4CCCC4)c3)CC2)c1. The van der Waals surface area contributed by atoms with E-state index in [0.717, 1.165) is 52.1 Å². The van der Waals surface area contributed by atoms with E-state index in [1.54, 1.807) is 12.3 Å². The van der Waals surface area contributed by atoms with Gasteiger partial charge in [0.25, 0.3) is 5.91 Å². The van der Waals surface area contributed by atoms with E-state index in [0.29, 0.717) is 17.8 Å². The first kappa shape index (κ1) is 18.7. The Morgan fingerprint density at radius 3 is 2.46 bits per heavy atom. The molecule has 0 aliphatic carbocycles. The van der Waals surface area contributed by atoms with E-state index < -0.39 is 0 Å². The highest BCUT2D eigenvalue weighted by molar-refractivity contribution is 6.01. The summed E-state index contributed by atoms with van der Waals surface area (Å²) in [5.74, 6) is 0.0732. The van der Waals surface area contributed by atoms with Gasteiger partial charge in [-0.05, 0) is 43.5 Å². The van der Waals surface area contributed by atoms with Gasteiger partial charge in [0.15, 0.2) is 5.78 Å². The Bertz CT molecular complexity index is 846. The Hall–Kier alpha value is -2.60. The fourth-order valence-corrected chi connectivity index (χ4v) is 4.05. The zero-order chi connectivity index (χ0) is 19.5. The van der Waals surface area contributed by atoms with Crippen LogP contribution in [0.25, 0.3) is 0 Å². The third-order valence-electron chi connectivity index (χ3n) is 5.73. The summed E-state index contributed by atoms with van der Waals surface area (Å²) in [6.45, 7) is 7.70. The zero-order valence-electron chi connectivity index (χ0n) is 16.5. The van der Waals surface area contributed by atoms with E-state index in [4.69, 9.17) is 0 Å². The number of nitrogens with one attached hydrogen (secondary N) is 1. The second-order valence-corrected chi connectivity index (χ2v) is 7.83. The summed E-state index contributed by atoms with van der Waals surface area (Å²) in [5.41, 5.74) is 3.64. The minimum absolute atomic E-state index is 0.00307. The first-order chi connectivity index (χ1) is 13.6. The third kappa shape index (κ3) is 4.12. The lowest BCUT2D eigenvalue weighted by Crippen LogP contribution is -2.48. The van der Waals surface area contributed by atoms with Gasteiger partial charge in [-0.25, -0.2) is 0 Å². The summed E-state index contributed by atoms with van der Waals surface area (Å²) in [6.07, 6.45) is 3.80. The molecule has 28 heavy (non-hydrogen) atoms. The minimum atomic E-state index is 0.00307. The van der Waals surface area contributed by atoms with Gasteiger partial charge in [-0.2, -0.15) is 0 Å². The second-order valence-electron chi connectivity index (χ2n) is 7.83. The zero-order valence-corrected chi connectivity index (χ0v) is 16.5. The number of anilines is 1. The summed E-state index contributed by atoms with van der Waals surface area (Å²) in [5, 5.41) is 0. The van der Waals surface area contributed by atoms with Crippen LogP contribution >= 0.6 is 0 Å². The lowest BCUT2D eigenvalue weighted by atomic mass is 10.1. The van der Waals surface area contributed by atoms with E-state index in [1.165, 1.54) is 11.3 Å². The standard InChI is InChI=1S/C22H28N4O2/c1-17-5-4-6-19(13-17)25-11-9-24(10-12-25)16-21(27)18-14-20(23-15-18)22(28)26-7-2-3-8-26/h4-6,13-15,23H,2-3,7-12,16H2,1H3. The Labute approximate surface area is 166 Å². The topological polar surface area (TPSA) is 59.7 Å². The molecule has 3 heterocycles. The molecule has 0 spiro atoms. The van der Waals surface area contributed by atoms with Crippen LogP contribution in [0.15, 0.2) is 36.5 Å². The van der Waals surface area contributed by atoms with E-state index in [2.05, 4.69) is 46.0 Å². The summed E-state index contributed by atoms with van der Waals surface area (Å²) in [6, 6.07) is 10.3. The highest BCUT2D eigenvalue weighted by atomic mass is 16.2. The van der Waals surface area contributed by atoms with Gasteiger partial charge in [-0.15, -0.1) is 0 Å². The molecule has 2 aliphatic heterocycles. The minimum Gasteiger partial charge on any atom is -0.369 e. The van der Waals surface area contributed by atoms with Crippen molar-refractivity contribution in [2.24, 2.45) is 0 Å². The smallest absolute Gasteiger partial charge is 0.270 e. The van der Waals surface area contributed by atoms with Gasteiger partial charge in [0.1, 0.15) is 5.69 Å². The van der Waals surface area contributed by atoms with Crippen molar-refractivity contribution >= 4 is 17.4 Å². The summed E-state index contributed by atoms with van der Waals surface area (Å²) in [4.78, 5) is 34.5. The first-order valence-electron chi connectivity index (χ1n) is 10.1. The average molecular weight is 380 g/mol. The van der Waals surface area contributed by atoms with Gasteiger partial charge < -0.3 is 14.8 Å². The van der Waals surface area contributed by atoms with Gasteiger partial charge in [-0.3, -0.25) is 14.5 Å². The van der Waals surface area contributed by atoms with Gasteiger partial charge in [0.05, 0.1) is 6.54 Å². The van der Waals surface area contributed by atoms with E-state index in [1.807, 2.05) is 4.90 Å². The highest BCUT2D eigenvalue weighted by Crippen LogP contribution is 2.18. The quantitative estimate of drug-likeness (QED) is 0.810. The van der Waals surface area contributed by atoms with Crippen LogP contribution in [0.1, 0.15) is 39.3 Å². The predicted molar refractivity (Wildman–Crippen MR) is 110 cm³/mol. The molecule has 1 N–H and O–H groups in total. The number of aryl methyl sites for hydroxylation is 1. The average Bonchev–Trinajstić information content (AvgIpc) is 3.40. The number of carbonyl (C=O) groups excluding carboxylic acids is 2. The summed E-state index contributed by atoms with van der Waals surface area (Å²) >= 11 is 0. The monoisotopic (exact) mass is 380 g/mol. The number of amides is 1. The van der Waals surface area contributed by atoms with Crippen LogP contribution in [0, 0.1) is 6.92 Å². The maximum Gasteiger partial charge on any atom is 0.270 e. The van der Waals surface area contributed by atoms with Crippen molar-refractivity contribution in [2.45, 2.75) is 19.8 Å². The van der Waals surface area contributed by atoms with Crippen LogP contribution in [-0.2, 0) is 0 Å². The molecule has 4 rings (SSSR count). The number of Topliss-reactive ketones (excluding diaryl/α,β-unsaturated/α-hetero) is 1. The molecule has 6 heteroatoms. The molecular formula is C22H28N4O2. The molecule has 1 aromatic heterocycles. The molecule has 2 aromatic rings. The molecule has 1 aromatic carbocycles. The highest BCUT2D eigenvalue weighted by Gasteiger charge is 2.23. The number of benzene rings is 1. The largest absolute Gasteiger partial charge is 0.369 e. The molecule has 2 saturated heterocycles. The van der Waals surface area contributed by atoms with Crippen molar-refractivity contribution in [3.8, 4) is 0 Å². The van der Waals surface area contributed by atoms with Crippen molar-refractivity contribution in [1.29, 1.82) is 0 Å². The van der Waals surface area contributed by atoms with Crippen LogP contribution < -0.4 is 4.90 Å². The number of carbonyl (C=O) groups is 2. The number of rotatable bonds is 5. The Morgan fingerprint density at radius 2 is 1.75 bits per heavy atom. The van der Waals surface area contributed by atoms with Crippen molar-refractivity contribution in [1.82, 2.24) is 14.8 Å². The third-order valence-corrected chi connectivity index (χ3v) is 5.73. The maximum absolute atomic E-state index is 12.7. The number of nitrogens with zero attached hydrogens (tertiary/aromatic N) is 3. The normalized spacial score (nSPS) is 17.9. The predicted octanol–water partition coefficient (Wildman–Crippen LogP) is 2.56. The van der Waals surface area contributed by atoms with Crippen LogP contribution in [0.5, 0.6) is 0 Å². The van der Waals surface area contributed by atoms with Gasteiger partial charge >= 0.3 is 0 Å². The molecule has 0 radical (unpaired) electrons. The molecular weight excluding hydrogens is 352 g/mol. The van der Waals surface area contributed by atoms with Crippen LogP contribution in [-0.4, -0.2) is 72.3 Å². The lowest BCUT2D eigenvalue weighted by molar-refractivity contribution is 0.0787. The van der Waals surface area contributed by atoms with Gasteiger partial charge in [-0.1, -0.05) is 12.1 Å². The number of hydrogen-bond donors (Lipinski definition) is 1. The molecule has 1 amide bonds. The summed E-state index contributed by atoms with van der Waals surface area (Å²) < 4.78 is 0. The fourth-order valence-electron chi connectivity index (χ4n) is 4.05. The number of aromatic nitrogens is 1.